The molecule has 3 aromatic rings. The van der Waals surface area contributed by atoms with Crippen LogP contribution in [0.4, 0.5) is 5.95 Å². The summed E-state index contributed by atoms with van der Waals surface area (Å²) in [5.41, 5.74) is 6.04. The average molecular weight is 310 g/mol. The number of hydrogen-bond acceptors (Lipinski definition) is 5. The van der Waals surface area contributed by atoms with Crippen LogP contribution in [0.3, 0.4) is 0 Å². The Morgan fingerprint density at radius 3 is 2.74 bits per heavy atom. The van der Waals surface area contributed by atoms with Crippen molar-refractivity contribution >= 4 is 22.7 Å². The van der Waals surface area contributed by atoms with Gasteiger partial charge in [-0.3, -0.25) is 0 Å². The van der Waals surface area contributed by atoms with Gasteiger partial charge in [0.05, 0.1) is 16.7 Å². The quantitative estimate of drug-likeness (QED) is 0.510. The highest BCUT2D eigenvalue weighted by atomic mass is 16.3. The second kappa shape index (κ2) is 6.00. The second-order valence-corrected chi connectivity index (χ2v) is 5.18. The van der Waals surface area contributed by atoms with Gasteiger partial charge in [-0.25, -0.2) is 10.4 Å². The van der Waals surface area contributed by atoms with Crippen LogP contribution in [0.15, 0.2) is 47.6 Å². The Morgan fingerprint density at radius 1 is 1.22 bits per heavy atom. The molecule has 3 rings (SSSR count). The number of aromatic hydroxyl groups is 2. The summed E-state index contributed by atoms with van der Waals surface area (Å²) in [7, 11) is 0. The van der Waals surface area contributed by atoms with E-state index in [9.17, 15) is 10.2 Å². The highest BCUT2D eigenvalue weighted by Gasteiger charge is 2.09. The SMILES string of the molecule is CCn1c(N/N=C(\C)c2ccc(O)cc2O)nc2ccccc21. The average Bonchev–Trinajstić information content (AvgIpc) is 2.90. The van der Waals surface area contributed by atoms with Crippen molar-refractivity contribution in [2.75, 3.05) is 5.43 Å². The standard InChI is InChI=1S/C17H18N4O2/c1-3-21-15-7-5-4-6-14(15)18-17(21)20-19-11(2)13-9-8-12(22)10-16(13)23/h4-10,22-23H,3H2,1-2H3,(H,18,20)/b19-11+. The maximum atomic E-state index is 9.88. The molecular weight excluding hydrogens is 292 g/mol. The second-order valence-electron chi connectivity index (χ2n) is 5.18. The number of phenols is 2. The van der Waals surface area contributed by atoms with Crippen molar-refractivity contribution in [3.8, 4) is 11.5 Å². The molecule has 0 saturated carbocycles. The van der Waals surface area contributed by atoms with E-state index in [4.69, 9.17) is 0 Å². The van der Waals surface area contributed by atoms with Crippen molar-refractivity contribution in [2.45, 2.75) is 20.4 Å². The van der Waals surface area contributed by atoms with Gasteiger partial charge >= 0.3 is 0 Å². The summed E-state index contributed by atoms with van der Waals surface area (Å²) in [6.07, 6.45) is 0. The van der Waals surface area contributed by atoms with Gasteiger partial charge in [0.25, 0.3) is 0 Å². The third-order valence-corrected chi connectivity index (χ3v) is 3.67. The van der Waals surface area contributed by atoms with Crippen molar-refractivity contribution in [1.82, 2.24) is 9.55 Å². The minimum Gasteiger partial charge on any atom is -0.508 e. The summed E-state index contributed by atoms with van der Waals surface area (Å²) in [4.78, 5) is 4.53. The lowest BCUT2D eigenvalue weighted by atomic mass is 10.1. The summed E-state index contributed by atoms with van der Waals surface area (Å²) in [5.74, 6) is 0.642. The van der Waals surface area contributed by atoms with Crippen molar-refractivity contribution in [1.29, 1.82) is 0 Å². The number of hydrogen-bond donors (Lipinski definition) is 3. The number of phenolic OH excluding ortho intramolecular Hbond substituents is 2. The molecule has 0 radical (unpaired) electrons. The number of aromatic nitrogens is 2. The molecule has 118 valence electrons. The van der Waals surface area contributed by atoms with Gasteiger partial charge in [0.1, 0.15) is 11.5 Å². The van der Waals surface area contributed by atoms with Crippen LogP contribution in [-0.2, 0) is 6.54 Å². The Labute approximate surface area is 133 Å². The smallest absolute Gasteiger partial charge is 0.224 e. The molecule has 0 aliphatic rings. The van der Waals surface area contributed by atoms with Gasteiger partial charge in [-0.05, 0) is 38.1 Å². The van der Waals surface area contributed by atoms with E-state index in [1.165, 1.54) is 12.1 Å². The molecule has 0 fully saturated rings. The molecule has 0 amide bonds. The number of imidazole rings is 1. The first-order valence-electron chi connectivity index (χ1n) is 7.38. The van der Waals surface area contributed by atoms with Crippen LogP contribution in [-0.4, -0.2) is 25.5 Å². The number of nitrogens with one attached hydrogen (secondary N) is 1. The molecule has 6 heteroatoms. The van der Waals surface area contributed by atoms with Gasteiger partial charge in [-0.15, -0.1) is 0 Å². The normalized spacial score (nSPS) is 11.8. The van der Waals surface area contributed by atoms with Crippen LogP contribution in [0.5, 0.6) is 11.5 Å². The Hall–Kier alpha value is -3.02. The van der Waals surface area contributed by atoms with Gasteiger partial charge in [-0.1, -0.05) is 12.1 Å². The number of rotatable bonds is 4. The third kappa shape index (κ3) is 2.83. The molecule has 0 aliphatic heterocycles. The van der Waals surface area contributed by atoms with Crippen molar-refractivity contribution < 1.29 is 10.2 Å². The highest BCUT2D eigenvalue weighted by molar-refractivity contribution is 6.01. The summed E-state index contributed by atoms with van der Waals surface area (Å²) < 4.78 is 2.03. The number of para-hydroxylation sites is 2. The number of anilines is 1. The Morgan fingerprint density at radius 2 is 2.00 bits per heavy atom. The van der Waals surface area contributed by atoms with E-state index >= 15 is 0 Å². The topological polar surface area (TPSA) is 82.7 Å². The lowest BCUT2D eigenvalue weighted by Gasteiger charge is -2.07. The predicted octanol–water partition coefficient (Wildman–Crippen LogP) is 3.30. The highest BCUT2D eigenvalue weighted by Crippen LogP contribution is 2.24. The Balaban J connectivity index is 1.92. The van der Waals surface area contributed by atoms with E-state index in [2.05, 4.69) is 15.5 Å². The first-order chi connectivity index (χ1) is 11.1. The summed E-state index contributed by atoms with van der Waals surface area (Å²) in [6.45, 7) is 4.58. The lowest BCUT2D eigenvalue weighted by Crippen LogP contribution is -2.05. The molecule has 2 aromatic carbocycles. The molecule has 0 spiro atoms. The van der Waals surface area contributed by atoms with E-state index in [0.717, 1.165) is 17.6 Å². The van der Waals surface area contributed by atoms with Crippen molar-refractivity contribution in [3.05, 3.63) is 48.0 Å². The van der Waals surface area contributed by atoms with Crippen LogP contribution < -0.4 is 5.43 Å². The van der Waals surface area contributed by atoms with Crippen molar-refractivity contribution in [2.24, 2.45) is 5.10 Å². The number of fused-ring (bicyclic) bond motifs is 1. The van der Waals surface area contributed by atoms with Crippen LogP contribution in [0, 0.1) is 0 Å². The Bertz CT molecular complexity index is 883. The fourth-order valence-electron chi connectivity index (χ4n) is 2.50. The van der Waals surface area contributed by atoms with E-state index in [1.807, 2.05) is 35.8 Å². The number of benzene rings is 2. The zero-order valence-electron chi connectivity index (χ0n) is 13.0. The summed E-state index contributed by atoms with van der Waals surface area (Å²) >= 11 is 0. The first-order valence-corrected chi connectivity index (χ1v) is 7.38. The number of hydrazone groups is 1. The Kier molecular flexibility index (Phi) is 3.89. The monoisotopic (exact) mass is 310 g/mol. The predicted molar refractivity (Wildman–Crippen MR) is 91.0 cm³/mol. The fourth-order valence-corrected chi connectivity index (χ4v) is 2.50. The summed E-state index contributed by atoms with van der Waals surface area (Å²) in [6, 6.07) is 12.3. The van der Waals surface area contributed by atoms with E-state index in [-0.39, 0.29) is 11.5 Å². The molecule has 0 aliphatic carbocycles. The van der Waals surface area contributed by atoms with Gasteiger partial charge in [0.2, 0.25) is 5.95 Å². The van der Waals surface area contributed by atoms with Gasteiger partial charge in [0, 0.05) is 18.2 Å². The van der Waals surface area contributed by atoms with Crippen molar-refractivity contribution in [3.63, 3.8) is 0 Å². The molecule has 0 unspecified atom stereocenters. The van der Waals surface area contributed by atoms with Crippen LogP contribution in [0.2, 0.25) is 0 Å². The molecule has 1 aromatic heterocycles. The summed E-state index contributed by atoms with van der Waals surface area (Å²) in [5, 5.41) is 23.5. The minimum absolute atomic E-state index is 0.0137. The lowest BCUT2D eigenvalue weighted by molar-refractivity contribution is 0.450. The number of nitrogens with zero attached hydrogens (tertiary/aromatic N) is 3. The largest absolute Gasteiger partial charge is 0.508 e. The van der Waals surface area contributed by atoms with Crippen LogP contribution in [0.1, 0.15) is 19.4 Å². The molecule has 6 nitrogen and oxygen atoms in total. The van der Waals surface area contributed by atoms with E-state index < -0.39 is 0 Å². The van der Waals surface area contributed by atoms with Gasteiger partial charge < -0.3 is 14.8 Å². The first kappa shape index (κ1) is 14.9. The fraction of sp³-hybridized carbons (Fsp3) is 0.176. The van der Waals surface area contributed by atoms with E-state index in [0.29, 0.717) is 17.2 Å². The van der Waals surface area contributed by atoms with Crippen LogP contribution >= 0.6 is 0 Å². The van der Waals surface area contributed by atoms with Crippen LogP contribution in [0.25, 0.3) is 11.0 Å². The molecule has 0 bridgehead atoms. The van der Waals surface area contributed by atoms with Gasteiger partial charge in [0.15, 0.2) is 0 Å². The van der Waals surface area contributed by atoms with E-state index in [1.54, 1.807) is 13.0 Å². The van der Waals surface area contributed by atoms with Gasteiger partial charge in [-0.2, -0.15) is 5.10 Å². The number of aryl methyl sites for hydroxylation is 1. The molecule has 1 heterocycles. The molecule has 0 saturated heterocycles. The maximum Gasteiger partial charge on any atom is 0.224 e. The zero-order valence-corrected chi connectivity index (χ0v) is 13.0. The zero-order chi connectivity index (χ0) is 16.4. The molecule has 23 heavy (non-hydrogen) atoms. The maximum absolute atomic E-state index is 9.88. The molecule has 0 atom stereocenters. The molecule has 3 N–H and O–H groups in total. The minimum atomic E-state index is -0.0166. The molecular formula is C17H18N4O2. The third-order valence-electron chi connectivity index (χ3n) is 3.67.